The summed E-state index contributed by atoms with van der Waals surface area (Å²) in [5.41, 5.74) is -0.154. The van der Waals surface area contributed by atoms with Crippen molar-refractivity contribution in [3.05, 3.63) is 48.2 Å². The molecule has 0 saturated carbocycles. The molecule has 6 heteroatoms. The number of amides is 1. The van der Waals surface area contributed by atoms with Crippen LogP contribution in [0.5, 0.6) is 11.7 Å². The van der Waals surface area contributed by atoms with Gasteiger partial charge in [-0.25, -0.2) is 0 Å². The van der Waals surface area contributed by atoms with E-state index in [1.807, 2.05) is 30.3 Å². The van der Waals surface area contributed by atoms with Crippen LogP contribution in [0.25, 0.3) is 0 Å². The van der Waals surface area contributed by atoms with Crippen molar-refractivity contribution in [1.29, 1.82) is 0 Å². The predicted molar refractivity (Wildman–Crippen MR) is 94.4 cm³/mol. The van der Waals surface area contributed by atoms with Gasteiger partial charge in [0, 0.05) is 31.9 Å². The molecule has 2 aliphatic heterocycles. The zero-order valence-corrected chi connectivity index (χ0v) is 14.6. The highest BCUT2D eigenvalue weighted by atomic mass is 16.6. The molecule has 26 heavy (non-hydrogen) atoms. The van der Waals surface area contributed by atoms with Gasteiger partial charge in [-0.15, -0.1) is 0 Å². The molecule has 2 aromatic rings. The fraction of sp³-hybridized carbons (Fsp3) is 0.450. The first-order chi connectivity index (χ1) is 12.7. The SMILES string of the molecule is O=C(N[C@@H]1CCOC2(CCOCC2)C1)c1ccc(Oc2ccccc2)o1. The van der Waals surface area contributed by atoms with E-state index in [1.165, 1.54) is 0 Å². The first kappa shape index (κ1) is 17.1. The molecule has 0 aliphatic carbocycles. The lowest BCUT2D eigenvalue weighted by atomic mass is 9.84. The lowest BCUT2D eigenvalue weighted by molar-refractivity contribution is -0.139. The number of para-hydroxylation sites is 1. The molecular formula is C20H23NO5. The third kappa shape index (κ3) is 3.92. The van der Waals surface area contributed by atoms with Crippen LogP contribution < -0.4 is 10.1 Å². The van der Waals surface area contributed by atoms with Gasteiger partial charge < -0.3 is 23.9 Å². The molecule has 2 fully saturated rings. The third-order valence-electron chi connectivity index (χ3n) is 5.00. The van der Waals surface area contributed by atoms with Crippen molar-refractivity contribution in [1.82, 2.24) is 5.32 Å². The first-order valence-electron chi connectivity index (χ1n) is 9.08. The van der Waals surface area contributed by atoms with Crippen LogP contribution in [0.2, 0.25) is 0 Å². The standard InChI is InChI=1S/C20H23NO5/c22-19(17-6-7-18(26-17)25-16-4-2-1-3-5-16)21-15-8-11-24-20(14-15)9-12-23-13-10-20/h1-7,15H,8-14H2,(H,21,22)/t15-/m1/s1. The Kier molecular flexibility index (Phi) is 4.95. The van der Waals surface area contributed by atoms with Crippen LogP contribution >= 0.6 is 0 Å². The lowest BCUT2D eigenvalue weighted by Gasteiger charge is -2.43. The normalized spacial score (nSPS) is 22.1. The molecule has 1 aromatic heterocycles. The van der Waals surface area contributed by atoms with Crippen molar-refractivity contribution in [2.75, 3.05) is 19.8 Å². The number of benzene rings is 1. The Morgan fingerprint density at radius 3 is 2.69 bits per heavy atom. The van der Waals surface area contributed by atoms with Gasteiger partial charge >= 0.3 is 0 Å². The van der Waals surface area contributed by atoms with E-state index in [4.69, 9.17) is 18.6 Å². The van der Waals surface area contributed by atoms with Crippen molar-refractivity contribution in [2.45, 2.75) is 37.3 Å². The predicted octanol–water partition coefficient (Wildman–Crippen LogP) is 3.53. The van der Waals surface area contributed by atoms with Crippen LogP contribution in [-0.4, -0.2) is 37.4 Å². The van der Waals surface area contributed by atoms with Gasteiger partial charge in [0.1, 0.15) is 5.75 Å². The molecule has 1 spiro atoms. The molecule has 3 heterocycles. The zero-order chi connectivity index (χ0) is 17.8. The van der Waals surface area contributed by atoms with Gasteiger partial charge in [0.15, 0.2) is 5.76 Å². The Morgan fingerprint density at radius 1 is 1.08 bits per heavy atom. The summed E-state index contributed by atoms with van der Waals surface area (Å²) in [6.45, 7) is 2.10. The van der Waals surface area contributed by atoms with Crippen LogP contribution in [0.4, 0.5) is 0 Å². The van der Waals surface area contributed by atoms with Crippen LogP contribution in [0.1, 0.15) is 36.2 Å². The molecule has 0 bridgehead atoms. The smallest absolute Gasteiger partial charge is 0.290 e. The molecule has 1 atom stereocenters. The summed E-state index contributed by atoms with van der Waals surface area (Å²) in [7, 11) is 0. The van der Waals surface area contributed by atoms with Gasteiger partial charge in [-0.05, 0) is 43.9 Å². The average molecular weight is 357 g/mol. The summed E-state index contributed by atoms with van der Waals surface area (Å²) in [4.78, 5) is 12.5. The number of carbonyl (C=O) groups is 1. The zero-order valence-electron chi connectivity index (χ0n) is 14.6. The topological polar surface area (TPSA) is 69.9 Å². The summed E-state index contributed by atoms with van der Waals surface area (Å²) in [5.74, 6) is 0.999. The van der Waals surface area contributed by atoms with Gasteiger partial charge in [-0.1, -0.05) is 18.2 Å². The molecule has 2 aliphatic rings. The van der Waals surface area contributed by atoms with E-state index in [1.54, 1.807) is 12.1 Å². The van der Waals surface area contributed by atoms with Crippen molar-refractivity contribution in [2.24, 2.45) is 0 Å². The molecular weight excluding hydrogens is 334 g/mol. The van der Waals surface area contributed by atoms with Gasteiger partial charge in [0.05, 0.1) is 5.60 Å². The third-order valence-corrected chi connectivity index (χ3v) is 5.00. The highest BCUT2D eigenvalue weighted by Crippen LogP contribution is 2.34. The fourth-order valence-corrected chi connectivity index (χ4v) is 3.60. The van der Waals surface area contributed by atoms with E-state index in [9.17, 15) is 4.79 Å². The lowest BCUT2D eigenvalue weighted by Crippen LogP contribution is -2.51. The Hall–Kier alpha value is -2.31. The van der Waals surface area contributed by atoms with E-state index >= 15 is 0 Å². The van der Waals surface area contributed by atoms with Gasteiger partial charge in [0.25, 0.3) is 11.9 Å². The second-order valence-electron chi connectivity index (χ2n) is 6.84. The number of hydrogen-bond donors (Lipinski definition) is 1. The van der Waals surface area contributed by atoms with E-state index in [-0.39, 0.29) is 23.3 Å². The quantitative estimate of drug-likeness (QED) is 0.906. The minimum Gasteiger partial charge on any atom is -0.426 e. The summed E-state index contributed by atoms with van der Waals surface area (Å²) in [5, 5.41) is 3.07. The van der Waals surface area contributed by atoms with E-state index < -0.39 is 0 Å². The molecule has 1 aromatic carbocycles. The molecule has 2 saturated heterocycles. The number of ether oxygens (including phenoxy) is 3. The number of hydrogen-bond acceptors (Lipinski definition) is 5. The van der Waals surface area contributed by atoms with E-state index in [0.29, 0.717) is 18.3 Å². The average Bonchev–Trinajstić information content (AvgIpc) is 3.12. The van der Waals surface area contributed by atoms with Crippen molar-refractivity contribution in [3.63, 3.8) is 0 Å². The summed E-state index contributed by atoms with van der Waals surface area (Å²) < 4.78 is 22.6. The molecule has 1 amide bonds. The van der Waals surface area contributed by atoms with Gasteiger partial charge in [-0.2, -0.15) is 0 Å². The van der Waals surface area contributed by atoms with Crippen molar-refractivity contribution >= 4 is 5.91 Å². The number of furan rings is 1. The second kappa shape index (κ2) is 7.51. The number of nitrogens with one attached hydrogen (secondary N) is 1. The Bertz CT molecular complexity index is 730. The number of rotatable bonds is 4. The minimum atomic E-state index is -0.220. The molecule has 1 N–H and O–H groups in total. The fourth-order valence-electron chi connectivity index (χ4n) is 3.60. The first-order valence-corrected chi connectivity index (χ1v) is 9.08. The Balaban J connectivity index is 1.36. The van der Waals surface area contributed by atoms with Crippen molar-refractivity contribution < 1.29 is 23.4 Å². The molecule has 0 unspecified atom stereocenters. The summed E-state index contributed by atoms with van der Waals surface area (Å²) in [6, 6.07) is 12.7. The largest absolute Gasteiger partial charge is 0.426 e. The highest BCUT2D eigenvalue weighted by molar-refractivity contribution is 5.91. The summed E-state index contributed by atoms with van der Waals surface area (Å²) in [6.07, 6.45) is 3.39. The maximum absolute atomic E-state index is 12.5. The Morgan fingerprint density at radius 2 is 1.88 bits per heavy atom. The maximum atomic E-state index is 12.5. The second-order valence-corrected chi connectivity index (χ2v) is 6.84. The van der Waals surface area contributed by atoms with Gasteiger partial charge in [0.2, 0.25) is 0 Å². The van der Waals surface area contributed by atoms with Gasteiger partial charge in [-0.3, -0.25) is 4.79 Å². The molecule has 6 nitrogen and oxygen atoms in total. The van der Waals surface area contributed by atoms with Crippen LogP contribution in [-0.2, 0) is 9.47 Å². The van der Waals surface area contributed by atoms with Crippen molar-refractivity contribution in [3.8, 4) is 11.7 Å². The highest BCUT2D eigenvalue weighted by Gasteiger charge is 2.39. The summed E-state index contributed by atoms with van der Waals surface area (Å²) >= 11 is 0. The maximum Gasteiger partial charge on any atom is 0.290 e. The van der Waals surface area contributed by atoms with Crippen LogP contribution in [0.3, 0.4) is 0 Å². The van der Waals surface area contributed by atoms with Crippen LogP contribution in [0, 0.1) is 0 Å². The monoisotopic (exact) mass is 357 g/mol. The van der Waals surface area contributed by atoms with E-state index in [2.05, 4.69) is 5.32 Å². The van der Waals surface area contributed by atoms with Crippen LogP contribution in [0.15, 0.2) is 46.9 Å². The van der Waals surface area contributed by atoms with E-state index in [0.717, 1.165) is 38.9 Å². The molecule has 4 rings (SSSR count). The molecule has 0 radical (unpaired) electrons. The molecule has 138 valence electrons. The minimum absolute atomic E-state index is 0.0814. The number of carbonyl (C=O) groups excluding carboxylic acids is 1. The Labute approximate surface area is 152 Å².